The van der Waals surface area contributed by atoms with Gasteiger partial charge in [-0.3, -0.25) is 4.79 Å². The van der Waals surface area contributed by atoms with Crippen LogP contribution in [-0.2, 0) is 23.1 Å². The van der Waals surface area contributed by atoms with Gasteiger partial charge in [-0.1, -0.05) is 183 Å². The topological polar surface area (TPSA) is 74.2 Å². The molecule has 2 saturated heterocycles. The smallest absolute Gasteiger partial charge is 0.303 e. The molecule has 1 N–H and O–H groups in total. The molecule has 3 aliphatic rings. The fourth-order valence-corrected chi connectivity index (χ4v) is 21.4. The average Bonchev–Trinajstić information content (AvgIpc) is 3.75. The molecule has 4 aromatic rings. The monoisotopic (exact) mass is 884 g/mol. The van der Waals surface area contributed by atoms with E-state index in [2.05, 4.69) is 183 Å². The highest BCUT2D eigenvalue weighted by molar-refractivity contribution is 7.00. The molecule has 4 aromatic carbocycles. The van der Waals surface area contributed by atoms with Crippen molar-refractivity contribution in [2.45, 2.75) is 135 Å². The second kappa shape index (κ2) is 18.5. The van der Waals surface area contributed by atoms with Gasteiger partial charge in [0.15, 0.2) is 6.10 Å². The minimum atomic E-state index is -2.97. The van der Waals surface area contributed by atoms with Gasteiger partial charge in [0.25, 0.3) is 16.6 Å². The van der Waals surface area contributed by atoms with Crippen LogP contribution in [0.2, 0.25) is 10.1 Å². The van der Waals surface area contributed by atoms with Gasteiger partial charge < -0.3 is 23.4 Å². The lowest BCUT2D eigenvalue weighted by molar-refractivity contribution is -0.161. The number of aliphatic hydroxyl groups excluding tert-OH is 1. The fraction of sp³-hybridized carbons (Fsp3) is 0.473. The minimum Gasteiger partial charge on any atom is -0.455 e. The van der Waals surface area contributed by atoms with Gasteiger partial charge in [0.2, 0.25) is 0 Å². The van der Waals surface area contributed by atoms with E-state index in [9.17, 15) is 9.90 Å². The quantitative estimate of drug-likeness (QED) is 0.0523. The van der Waals surface area contributed by atoms with Gasteiger partial charge in [0, 0.05) is 31.3 Å². The van der Waals surface area contributed by atoms with Crippen molar-refractivity contribution in [1.82, 2.24) is 0 Å². The van der Waals surface area contributed by atoms with Crippen molar-refractivity contribution in [2.24, 2.45) is 17.3 Å². The largest absolute Gasteiger partial charge is 0.455 e. The zero-order valence-electron chi connectivity index (χ0n) is 39.4. The molecule has 1 aliphatic carbocycles. The van der Waals surface area contributed by atoms with E-state index in [1.54, 1.807) is 0 Å². The number of fused-ring (bicyclic) bond motifs is 2. The highest BCUT2D eigenvalue weighted by atomic mass is 28.4. The Labute approximate surface area is 380 Å². The van der Waals surface area contributed by atoms with E-state index < -0.39 is 28.3 Å². The first-order valence-corrected chi connectivity index (χ1v) is 27.1. The van der Waals surface area contributed by atoms with E-state index in [0.29, 0.717) is 25.4 Å². The zero-order chi connectivity index (χ0) is 45.3. The maximum atomic E-state index is 13.3. The van der Waals surface area contributed by atoms with Crippen LogP contribution in [0.5, 0.6) is 0 Å². The third-order valence-corrected chi connectivity index (χ3v) is 24.9. The SMILES string of the molecule is C=C[C@H]1C(C)(C)[C@H]2O[C@]1([C@@H](OC(C)=O)C1=C(CO)CC(CCCO[Si](c3ccccc3)(c3ccccc3)C(C)(C)C)CC1)C[C@@H]2O[Si](c1ccccc1)(c1ccccc1)C(C)(C)C. The number of benzene rings is 4. The highest BCUT2D eigenvalue weighted by Gasteiger charge is 2.72. The fourth-order valence-electron chi connectivity index (χ4n) is 12.1. The number of ether oxygens (including phenoxy) is 2. The van der Waals surface area contributed by atoms with Gasteiger partial charge in [-0.05, 0) is 80.0 Å². The third kappa shape index (κ3) is 8.57. The Morgan fingerprint density at radius 2 is 1.29 bits per heavy atom. The summed E-state index contributed by atoms with van der Waals surface area (Å²) in [6, 6.07) is 43.2. The second-order valence-corrected chi connectivity index (χ2v) is 29.6. The molecular formula is C55H72O6Si2. The van der Waals surface area contributed by atoms with Crippen LogP contribution in [-0.4, -0.2) is 64.8 Å². The van der Waals surface area contributed by atoms with Crippen molar-refractivity contribution in [3.05, 3.63) is 145 Å². The zero-order valence-corrected chi connectivity index (χ0v) is 41.4. The highest BCUT2D eigenvalue weighted by Crippen LogP contribution is 2.63. The molecule has 2 bridgehead atoms. The molecule has 6 atom stereocenters. The molecule has 6 nitrogen and oxygen atoms in total. The van der Waals surface area contributed by atoms with Crippen molar-refractivity contribution in [3.63, 3.8) is 0 Å². The van der Waals surface area contributed by atoms with E-state index in [0.717, 1.165) is 36.8 Å². The van der Waals surface area contributed by atoms with Gasteiger partial charge in [-0.15, -0.1) is 6.58 Å². The standard InChI is InChI=1S/C55H72O6Si2/c1-11-49-54(9,10)51-48(61-63(53(6,7)8,45-30-20-14-21-31-45)46-32-22-15-23-33-46)38-55(49,60-51)50(59-40(2)57)47-35-34-41(37-42(47)39-56)25-24-36-58-62(52(3,4)5,43-26-16-12-17-27-43)44-28-18-13-19-29-44/h11-23,26-33,41,48-51,56H,1,24-25,34-39H2,2-10H3/t41?,48-,49-,50-,51-,55+/m0/s1. The predicted octanol–water partition coefficient (Wildman–Crippen LogP) is 9.68. The van der Waals surface area contributed by atoms with Crippen molar-refractivity contribution in [3.8, 4) is 0 Å². The molecule has 0 aromatic heterocycles. The number of hydrogen-bond donors (Lipinski definition) is 1. The lowest BCUT2D eigenvalue weighted by Crippen LogP contribution is -2.69. The molecule has 7 rings (SSSR count). The summed E-state index contributed by atoms with van der Waals surface area (Å²) in [7, 11) is -5.61. The molecule has 0 spiro atoms. The van der Waals surface area contributed by atoms with Crippen molar-refractivity contribution in [2.75, 3.05) is 13.2 Å². The second-order valence-electron chi connectivity index (χ2n) is 21.1. The molecule has 63 heavy (non-hydrogen) atoms. The summed E-state index contributed by atoms with van der Waals surface area (Å²) >= 11 is 0. The molecule has 2 aliphatic heterocycles. The van der Waals surface area contributed by atoms with Crippen molar-refractivity contribution in [1.29, 1.82) is 0 Å². The van der Waals surface area contributed by atoms with Crippen LogP contribution < -0.4 is 20.7 Å². The molecule has 0 saturated carbocycles. The molecule has 336 valence electrons. The summed E-state index contributed by atoms with van der Waals surface area (Å²) in [6.45, 7) is 24.8. The number of hydrogen-bond acceptors (Lipinski definition) is 6. The van der Waals surface area contributed by atoms with E-state index in [1.165, 1.54) is 27.7 Å². The van der Waals surface area contributed by atoms with E-state index >= 15 is 0 Å². The Morgan fingerprint density at radius 1 is 0.810 bits per heavy atom. The Bertz CT molecular complexity index is 2110. The molecule has 8 heteroatoms. The Kier molecular flexibility index (Phi) is 13.9. The van der Waals surface area contributed by atoms with Crippen LogP contribution >= 0.6 is 0 Å². The number of rotatable bonds is 16. The summed E-state index contributed by atoms with van der Waals surface area (Å²) in [5, 5.41) is 15.9. The molecule has 1 unspecified atom stereocenters. The molecule has 0 radical (unpaired) electrons. The first-order valence-electron chi connectivity index (χ1n) is 23.3. The van der Waals surface area contributed by atoms with Crippen LogP contribution in [0.4, 0.5) is 0 Å². The Hall–Kier alpha value is -3.90. The van der Waals surface area contributed by atoms with E-state index in [-0.39, 0.29) is 46.2 Å². The average molecular weight is 885 g/mol. The molecule has 0 amide bonds. The van der Waals surface area contributed by atoms with Crippen LogP contribution in [0.15, 0.2) is 145 Å². The predicted molar refractivity (Wildman–Crippen MR) is 262 cm³/mol. The summed E-state index contributed by atoms with van der Waals surface area (Å²) in [6.07, 6.45) is 5.62. The molecular weight excluding hydrogens is 813 g/mol. The van der Waals surface area contributed by atoms with E-state index in [4.69, 9.17) is 18.3 Å². The summed E-state index contributed by atoms with van der Waals surface area (Å²) < 4.78 is 29.0. The van der Waals surface area contributed by atoms with Gasteiger partial charge in [-0.25, -0.2) is 0 Å². The van der Waals surface area contributed by atoms with E-state index in [1.807, 2.05) is 6.08 Å². The van der Waals surface area contributed by atoms with Crippen molar-refractivity contribution >= 4 is 43.4 Å². The first-order chi connectivity index (χ1) is 30.0. The lowest BCUT2D eigenvalue weighted by atomic mass is 9.59. The number of esters is 1. The van der Waals surface area contributed by atoms with Crippen LogP contribution in [0.1, 0.15) is 101 Å². The molecule has 2 heterocycles. The summed E-state index contributed by atoms with van der Waals surface area (Å²) in [5.41, 5.74) is 0.673. The van der Waals surface area contributed by atoms with Crippen LogP contribution in [0.25, 0.3) is 0 Å². The van der Waals surface area contributed by atoms with Gasteiger partial charge in [0.05, 0.1) is 18.8 Å². The summed E-state index contributed by atoms with van der Waals surface area (Å²) in [4.78, 5) is 13.3. The van der Waals surface area contributed by atoms with Gasteiger partial charge in [-0.2, -0.15) is 0 Å². The first kappa shape index (κ1) is 47.1. The normalized spacial score (nSPS) is 24.3. The number of carbonyl (C=O) groups excluding carboxylic acids is 1. The Morgan fingerprint density at radius 3 is 1.71 bits per heavy atom. The van der Waals surface area contributed by atoms with Crippen molar-refractivity contribution < 1.29 is 28.2 Å². The number of carbonyl (C=O) groups is 1. The number of aliphatic hydroxyl groups is 1. The van der Waals surface area contributed by atoms with Crippen LogP contribution in [0, 0.1) is 17.3 Å². The lowest BCUT2D eigenvalue weighted by Gasteiger charge is -2.50. The van der Waals surface area contributed by atoms with Crippen LogP contribution in [0.3, 0.4) is 0 Å². The maximum absolute atomic E-state index is 13.3. The maximum Gasteiger partial charge on any atom is 0.303 e. The van der Waals surface area contributed by atoms with Gasteiger partial charge >= 0.3 is 5.97 Å². The Balaban J connectivity index is 1.17. The molecule has 2 fully saturated rings. The minimum absolute atomic E-state index is 0.0869. The third-order valence-electron chi connectivity index (χ3n) is 14.8. The summed E-state index contributed by atoms with van der Waals surface area (Å²) in [5.74, 6) is -0.110. The van der Waals surface area contributed by atoms with Gasteiger partial charge in [0.1, 0.15) is 5.60 Å².